The second kappa shape index (κ2) is 7.54. The number of nitrogens with one attached hydrogen (secondary N) is 1. The van der Waals surface area contributed by atoms with E-state index in [0.717, 1.165) is 0 Å². The third kappa shape index (κ3) is 3.51. The van der Waals surface area contributed by atoms with Crippen molar-refractivity contribution in [2.24, 2.45) is 11.3 Å². The van der Waals surface area contributed by atoms with Crippen molar-refractivity contribution in [2.75, 3.05) is 7.11 Å². The van der Waals surface area contributed by atoms with Gasteiger partial charge in [0.15, 0.2) is 0 Å². The number of carbonyl (C=O) groups excluding carboxylic acids is 2. The quantitative estimate of drug-likeness (QED) is 0.751. The largest absolute Gasteiger partial charge is 0.469 e. The first kappa shape index (κ1) is 20.3. The summed E-state index contributed by atoms with van der Waals surface area (Å²) in [7, 11) is 1.36. The van der Waals surface area contributed by atoms with Crippen LogP contribution in [0.25, 0.3) is 11.3 Å². The lowest BCUT2D eigenvalue weighted by atomic mass is 9.57. The molecule has 150 valence electrons. The van der Waals surface area contributed by atoms with E-state index in [1.807, 2.05) is 13.8 Å². The first-order valence-corrected chi connectivity index (χ1v) is 9.33. The molecule has 6 nitrogen and oxygen atoms in total. The molecular formula is C20H22ClFN2O4. The summed E-state index contributed by atoms with van der Waals surface area (Å²) in [5, 5.41) is 6.97. The number of aromatic nitrogens is 1. The summed E-state index contributed by atoms with van der Waals surface area (Å²) < 4.78 is 24.2. The van der Waals surface area contributed by atoms with Gasteiger partial charge in [-0.05, 0) is 36.8 Å². The van der Waals surface area contributed by atoms with Gasteiger partial charge in [-0.25, -0.2) is 4.39 Å². The van der Waals surface area contributed by atoms with Crippen molar-refractivity contribution < 1.29 is 23.2 Å². The fourth-order valence-corrected chi connectivity index (χ4v) is 3.91. The van der Waals surface area contributed by atoms with Crippen LogP contribution in [0, 0.1) is 24.1 Å². The second-order valence-corrected chi connectivity index (χ2v) is 8.03. The molecule has 1 heterocycles. The Kier molecular flexibility index (Phi) is 5.48. The molecule has 1 aromatic heterocycles. The first-order chi connectivity index (χ1) is 13.2. The molecule has 1 fully saturated rings. The number of esters is 1. The van der Waals surface area contributed by atoms with E-state index in [9.17, 15) is 14.0 Å². The van der Waals surface area contributed by atoms with Crippen LogP contribution in [0.1, 0.15) is 42.8 Å². The van der Waals surface area contributed by atoms with Gasteiger partial charge >= 0.3 is 5.97 Å². The van der Waals surface area contributed by atoms with Gasteiger partial charge < -0.3 is 14.6 Å². The van der Waals surface area contributed by atoms with Gasteiger partial charge in [0.25, 0.3) is 5.91 Å². The number of ether oxygens (including phenoxy) is 1. The van der Waals surface area contributed by atoms with E-state index in [0.29, 0.717) is 12.8 Å². The lowest BCUT2D eigenvalue weighted by molar-refractivity contribution is -0.145. The molecule has 2 unspecified atom stereocenters. The third-order valence-electron chi connectivity index (χ3n) is 5.71. The smallest absolute Gasteiger partial charge is 0.305 e. The second-order valence-electron chi connectivity index (χ2n) is 7.62. The van der Waals surface area contributed by atoms with Gasteiger partial charge in [-0.15, -0.1) is 0 Å². The SMILES string of the molecule is COC(=O)CC1CC(NC(=O)c2c(-c3c(F)cccc3Cl)noc2C)C1(C)C. The summed E-state index contributed by atoms with van der Waals surface area (Å²) in [6.45, 7) is 5.57. The lowest BCUT2D eigenvalue weighted by Gasteiger charge is -2.52. The molecule has 28 heavy (non-hydrogen) atoms. The molecule has 1 aliphatic rings. The summed E-state index contributed by atoms with van der Waals surface area (Å²) in [4.78, 5) is 24.5. The summed E-state index contributed by atoms with van der Waals surface area (Å²) in [6, 6.07) is 4.11. The fraction of sp³-hybridized carbons (Fsp3) is 0.450. The number of methoxy groups -OCH3 is 1. The molecule has 1 aromatic carbocycles. The average molecular weight is 409 g/mol. The number of rotatable bonds is 5. The topological polar surface area (TPSA) is 81.4 Å². The Bertz CT molecular complexity index is 905. The molecule has 3 rings (SSSR count). The van der Waals surface area contributed by atoms with Gasteiger partial charge in [0.1, 0.15) is 22.8 Å². The zero-order chi connectivity index (χ0) is 20.6. The number of halogens is 2. The van der Waals surface area contributed by atoms with Gasteiger partial charge in [0.2, 0.25) is 0 Å². The molecule has 1 aliphatic carbocycles. The Labute approximate surface area is 167 Å². The Balaban J connectivity index is 1.82. The van der Waals surface area contributed by atoms with Crippen molar-refractivity contribution in [1.82, 2.24) is 10.5 Å². The third-order valence-corrected chi connectivity index (χ3v) is 6.02. The molecule has 0 aliphatic heterocycles. The van der Waals surface area contributed by atoms with Crippen LogP contribution in [-0.4, -0.2) is 30.2 Å². The van der Waals surface area contributed by atoms with Crippen molar-refractivity contribution >= 4 is 23.5 Å². The van der Waals surface area contributed by atoms with Crippen LogP contribution in [0.2, 0.25) is 5.02 Å². The zero-order valence-corrected chi connectivity index (χ0v) is 16.9. The molecule has 2 atom stereocenters. The van der Waals surface area contributed by atoms with Crippen molar-refractivity contribution in [2.45, 2.75) is 39.7 Å². The zero-order valence-electron chi connectivity index (χ0n) is 16.1. The summed E-state index contributed by atoms with van der Waals surface area (Å²) in [5.74, 6) is -0.891. The highest BCUT2D eigenvalue weighted by Crippen LogP contribution is 2.48. The van der Waals surface area contributed by atoms with Gasteiger partial charge in [-0.1, -0.05) is 36.7 Å². The number of hydrogen-bond donors (Lipinski definition) is 1. The van der Waals surface area contributed by atoms with E-state index in [2.05, 4.69) is 10.5 Å². The van der Waals surface area contributed by atoms with Crippen LogP contribution in [0.5, 0.6) is 0 Å². The van der Waals surface area contributed by atoms with Crippen LogP contribution in [0.3, 0.4) is 0 Å². The van der Waals surface area contributed by atoms with Gasteiger partial charge in [-0.3, -0.25) is 9.59 Å². The van der Waals surface area contributed by atoms with E-state index in [1.54, 1.807) is 6.92 Å². The predicted octanol–water partition coefficient (Wildman–Crippen LogP) is 4.15. The molecule has 2 aromatic rings. The Hall–Kier alpha value is -2.41. The maximum absolute atomic E-state index is 14.3. The molecule has 1 N–H and O–H groups in total. The van der Waals surface area contributed by atoms with E-state index < -0.39 is 11.7 Å². The highest BCUT2D eigenvalue weighted by atomic mass is 35.5. The normalized spacial score (nSPS) is 20.4. The van der Waals surface area contributed by atoms with Gasteiger partial charge in [-0.2, -0.15) is 0 Å². The molecular weight excluding hydrogens is 387 g/mol. The maximum Gasteiger partial charge on any atom is 0.305 e. The molecule has 0 spiro atoms. The van der Waals surface area contributed by atoms with Gasteiger partial charge in [0, 0.05) is 12.5 Å². The highest BCUT2D eigenvalue weighted by molar-refractivity contribution is 6.33. The monoisotopic (exact) mass is 408 g/mol. The number of hydrogen-bond acceptors (Lipinski definition) is 5. The molecule has 1 amide bonds. The van der Waals surface area contributed by atoms with Crippen molar-refractivity contribution in [1.29, 1.82) is 0 Å². The number of nitrogens with zero attached hydrogens (tertiary/aromatic N) is 1. The number of amides is 1. The fourth-order valence-electron chi connectivity index (χ4n) is 3.66. The summed E-state index contributed by atoms with van der Waals surface area (Å²) in [5.41, 5.74) is -0.0341. The van der Waals surface area contributed by atoms with Crippen LogP contribution in [0.4, 0.5) is 4.39 Å². The standard InChI is InChI=1S/C20H22ClFN2O4/c1-10-16(18(24-28-10)17-12(21)6-5-7-13(17)22)19(26)23-14-8-11(20(14,2)3)9-15(25)27-4/h5-7,11,14H,8-9H2,1-4H3,(H,23,26). The van der Waals surface area contributed by atoms with E-state index in [-0.39, 0.29) is 50.9 Å². The highest BCUT2D eigenvalue weighted by Gasteiger charge is 2.49. The van der Waals surface area contributed by atoms with E-state index >= 15 is 0 Å². The van der Waals surface area contributed by atoms with Crippen molar-refractivity contribution in [3.8, 4) is 11.3 Å². The van der Waals surface area contributed by atoms with E-state index in [1.165, 1.54) is 25.3 Å². The van der Waals surface area contributed by atoms with Crippen LogP contribution in [0.15, 0.2) is 22.7 Å². The lowest BCUT2D eigenvalue weighted by Crippen LogP contribution is -2.58. The molecule has 0 saturated heterocycles. The average Bonchev–Trinajstić information content (AvgIpc) is 3.01. The number of benzene rings is 1. The van der Waals surface area contributed by atoms with Gasteiger partial charge in [0.05, 0.1) is 17.7 Å². The van der Waals surface area contributed by atoms with E-state index in [4.69, 9.17) is 20.9 Å². The minimum absolute atomic E-state index is 0.0302. The first-order valence-electron chi connectivity index (χ1n) is 8.95. The maximum atomic E-state index is 14.3. The number of aryl methyl sites for hydroxylation is 1. The van der Waals surface area contributed by atoms with Crippen LogP contribution < -0.4 is 5.32 Å². The Morgan fingerprint density at radius 1 is 1.43 bits per heavy atom. The van der Waals surface area contributed by atoms with Crippen molar-refractivity contribution in [3.63, 3.8) is 0 Å². The molecule has 1 saturated carbocycles. The molecule has 0 bridgehead atoms. The number of carbonyl (C=O) groups is 2. The Morgan fingerprint density at radius 2 is 2.14 bits per heavy atom. The summed E-state index contributed by atoms with van der Waals surface area (Å²) >= 11 is 6.12. The van der Waals surface area contributed by atoms with Crippen LogP contribution in [-0.2, 0) is 9.53 Å². The molecule has 0 radical (unpaired) electrons. The minimum atomic E-state index is -0.586. The Morgan fingerprint density at radius 3 is 2.75 bits per heavy atom. The molecule has 8 heteroatoms. The summed E-state index contributed by atoms with van der Waals surface area (Å²) in [6.07, 6.45) is 0.951. The minimum Gasteiger partial charge on any atom is -0.469 e. The van der Waals surface area contributed by atoms with Crippen LogP contribution >= 0.6 is 11.6 Å². The predicted molar refractivity (Wildman–Crippen MR) is 101 cm³/mol. The van der Waals surface area contributed by atoms with Crippen molar-refractivity contribution in [3.05, 3.63) is 40.4 Å².